The van der Waals surface area contributed by atoms with Crippen LogP contribution in [0.5, 0.6) is 0 Å². The minimum atomic E-state index is 0.411. The van der Waals surface area contributed by atoms with Gasteiger partial charge in [-0.15, -0.1) is 0 Å². The van der Waals surface area contributed by atoms with E-state index in [9.17, 15) is 0 Å². The van der Waals surface area contributed by atoms with E-state index < -0.39 is 0 Å². The molecule has 0 N–H and O–H groups in total. The van der Waals surface area contributed by atoms with Crippen molar-refractivity contribution in [2.45, 2.75) is 19.8 Å². The van der Waals surface area contributed by atoms with Crippen molar-refractivity contribution in [1.82, 2.24) is 9.55 Å². The van der Waals surface area contributed by atoms with Gasteiger partial charge >= 0.3 is 0 Å². The van der Waals surface area contributed by atoms with Crippen molar-refractivity contribution in [2.24, 2.45) is 7.05 Å². The summed E-state index contributed by atoms with van der Waals surface area (Å²) in [6.07, 6.45) is 1.73. The molecule has 1 rings (SSSR count). The van der Waals surface area contributed by atoms with Crippen molar-refractivity contribution in [2.75, 3.05) is 0 Å². The van der Waals surface area contributed by atoms with Crippen LogP contribution >= 0.6 is 11.6 Å². The van der Waals surface area contributed by atoms with Crippen LogP contribution in [0.4, 0.5) is 0 Å². The molecule has 0 saturated carbocycles. The molecule has 2 nitrogen and oxygen atoms in total. The Kier molecular flexibility index (Phi) is 2.00. The molecule has 10 heavy (non-hydrogen) atoms. The lowest BCUT2D eigenvalue weighted by Gasteiger charge is -1.99. The molecular formula is C7H11ClN2. The smallest absolute Gasteiger partial charge is 0.131 e. The lowest BCUT2D eigenvalue weighted by molar-refractivity contribution is 0.829. The fraction of sp³-hybridized carbons (Fsp3) is 0.571. The molecule has 0 saturated heterocycles. The minimum absolute atomic E-state index is 0.411. The molecule has 0 atom stereocenters. The van der Waals surface area contributed by atoms with E-state index in [-0.39, 0.29) is 0 Å². The largest absolute Gasteiger partial charge is 0.325 e. The van der Waals surface area contributed by atoms with E-state index in [0.29, 0.717) is 5.92 Å². The lowest BCUT2D eigenvalue weighted by atomic mass is 10.2. The molecule has 1 aromatic heterocycles. The highest BCUT2D eigenvalue weighted by Crippen LogP contribution is 2.20. The van der Waals surface area contributed by atoms with E-state index in [2.05, 4.69) is 18.8 Å². The Balaban J connectivity index is 3.05. The van der Waals surface area contributed by atoms with Gasteiger partial charge in [-0.1, -0.05) is 25.4 Å². The maximum absolute atomic E-state index is 5.90. The Bertz CT molecular complexity index is 228. The van der Waals surface area contributed by atoms with Crippen LogP contribution in [0.25, 0.3) is 0 Å². The molecule has 1 heterocycles. The first-order valence-electron chi connectivity index (χ1n) is 3.29. The van der Waals surface area contributed by atoms with Crippen LogP contribution in [0.2, 0.25) is 5.15 Å². The van der Waals surface area contributed by atoms with Crippen molar-refractivity contribution in [3.8, 4) is 0 Å². The van der Waals surface area contributed by atoms with Crippen LogP contribution in [0.1, 0.15) is 25.5 Å². The van der Waals surface area contributed by atoms with E-state index in [1.807, 2.05) is 11.6 Å². The first-order valence-corrected chi connectivity index (χ1v) is 3.67. The number of aromatic nitrogens is 2. The van der Waals surface area contributed by atoms with Crippen LogP contribution in [0, 0.1) is 0 Å². The van der Waals surface area contributed by atoms with E-state index in [1.54, 1.807) is 6.33 Å². The Morgan fingerprint density at radius 2 is 2.20 bits per heavy atom. The fourth-order valence-corrected chi connectivity index (χ4v) is 1.13. The Morgan fingerprint density at radius 1 is 1.60 bits per heavy atom. The van der Waals surface area contributed by atoms with E-state index in [1.165, 1.54) is 0 Å². The lowest BCUT2D eigenvalue weighted by Crippen LogP contribution is -1.89. The van der Waals surface area contributed by atoms with Crippen LogP contribution in [-0.2, 0) is 7.05 Å². The highest BCUT2D eigenvalue weighted by atomic mass is 35.5. The maximum atomic E-state index is 5.90. The highest BCUT2D eigenvalue weighted by molar-refractivity contribution is 6.30. The predicted octanol–water partition coefficient (Wildman–Crippen LogP) is 2.20. The molecule has 0 aliphatic rings. The van der Waals surface area contributed by atoms with Gasteiger partial charge in [0.05, 0.1) is 12.0 Å². The number of aryl methyl sites for hydroxylation is 1. The average molecular weight is 159 g/mol. The fourth-order valence-electron chi connectivity index (χ4n) is 0.821. The molecule has 3 heteroatoms. The molecule has 0 bridgehead atoms. The average Bonchev–Trinajstić information content (AvgIpc) is 2.14. The number of nitrogens with zero attached hydrogens (tertiary/aromatic N) is 2. The first kappa shape index (κ1) is 7.61. The number of imidazole rings is 1. The molecule has 0 unspecified atom stereocenters. The summed E-state index contributed by atoms with van der Waals surface area (Å²) in [6, 6.07) is 0. The Morgan fingerprint density at radius 3 is 2.40 bits per heavy atom. The van der Waals surface area contributed by atoms with Gasteiger partial charge in [-0.05, 0) is 5.92 Å². The van der Waals surface area contributed by atoms with Crippen molar-refractivity contribution >= 4 is 11.6 Å². The summed E-state index contributed by atoms with van der Waals surface area (Å²) in [5.41, 5.74) is 0.976. The van der Waals surface area contributed by atoms with Crippen LogP contribution in [-0.4, -0.2) is 9.55 Å². The predicted molar refractivity (Wildman–Crippen MR) is 42.3 cm³/mol. The van der Waals surface area contributed by atoms with Crippen molar-refractivity contribution in [3.05, 3.63) is 17.2 Å². The normalized spacial score (nSPS) is 10.9. The topological polar surface area (TPSA) is 17.8 Å². The number of halogens is 1. The Hall–Kier alpha value is -0.500. The zero-order chi connectivity index (χ0) is 7.72. The summed E-state index contributed by atoms with van der Waals surface area (Å²) in [6.45, 7) is 4.16. The molecule has 56 valence electrons. The zero-order valence-electron chi connectivity index (χ0n) is 6.43. The number of hydrogen-bond donors (Lipinski definition) is 0. The first-order chi connectivity index (χ1) is 4.63. The van der Waals surface area contributed by atoms with Gasteiger partial charge < -0.3 is 4.57 Å². The standard InChI is InChI=1S/C7H11ClN2/c1-5(2)6-7(8)10(3)4-9-6/h4-5H,1-3H3. The Labute approximate surface area is 65.8 Å². The monoisotopic (exact) mass is 158 g/mol. The summed E-state index contributed by atoms with van der Waals surface area (Å²) < 4.78 is 1.82. The van der Waals surface area contributed by atoms with Crippen LogP contribution in [0.15, 0.2) is 6.33 Å². The molecule has 0 aliphatic heterocycles. The SMILES string of the molecule is CC(C)c1ncn(C)c1Cl. The number of hydrogen-bond acceptors (Lipinski definition) is 1. The molecule has 0 amide bonds. The molecule has 0 aliphatic carbocycles. The van der Waals surface area contributed by atoms with Crippen molar-refractivity contribution in [3.63, 3.8) is 0 Å². The number of rotatable bonds is 1. The van der Waals surface area contributed by atoms with Gasteiger partial charge in [-0.3, -0.25) is 0 Å². The summed E-state index contributed by atoms with van der Waals surface area (Å²) >= 11 is 5.90. The van der Waals surface area contributed by atoms with Gasteiger partial charge in [-0.2, -0.15) is 0 Å². The summed E-state index contributed by atoms with van der Waals surface area (Å²) in [5, 5.41) is 0.745. The quantitative estimate of drug-likeness (QED) is 0.613. The summed E-state index contributed by atoms with van der Waals surface area (Å²) in [7, 11) is 1.89. The van der Waals surface area contributed by atoms with Crippen LogP contribution < -0.4 is 0 Å². The van der Waals surface area contributed by atoms with Gasteiger partial charge in [0.25, 0.3) is 0 Å². The molecule has 0 radical (unpaired) electrons. The third-order valence-corrected chi connectivity index (χ3v) is 1.90. The second kappa shape index (κ2) is 2.62. The van der Waals surface area contributed by atoms with Gasteiger partial charge in [0, 0.05) is 7.05 Å². The van der Waals surface area contributed by atoms with Gasteiger partial charge in [0.15, 0.2) is 0 Å². The minimum Gasteiger partial charge on any atom is -0.325 e. The summed E-state index contributed by atoms with van der Waals surface area (Å²) in [4.78, 5) is 4.15. The zero-order valence-corrected chi connectivity index (χ0v) is 7.18. The van der Waals surface area contributed by atoms with E-state index in [4.69, 9.17) is 11.6 Å². The third kappa shape index (κ3) is 1.16. The highest BCUT2D eigenvalue weighted by Gasteiger charge is 2.08. The van der Waals surface area contributed by atoms with E-state index in [0.717, 1.165) is 10.8 Å². The molecule has 0 aromatic carbocycles. The molecular weight excluding hydrogens is 148 g/mol. The van der Waals surface area contributed by atoms with E-state index >= 15 is 0 Å². The van der Waals surface area contributed by atoms with Crippen molar-refractivity contribution in [1.29, 1.82) is 0 Å². The second-order valence-corrected chi connectivity index (χ2v) is 3.04. The molecule has 0 spiro atoms. The molecule has 1 aromatic rings. The maximum Gasteiger partial charge on any atom is 0.131 e. The van der Waals surface area contributed by atoms with Gasteiger partial charge in [0.1, 0.15) is 5.15 Å². The second-order valence-electron chi connectivity index (χ2n) is 2.69. The third-order valence-electron chi connectivity index (χ3n) is 1.44. The van der Waals surface area contributed by atoms with Crippen LogP contribution in [0.3, 0.4) is 0 Å². The molecule has 0 fully saturated rings. The van der Waals surface area contributed by atoms with Gasteiger partial charge in [-0.25, -0.2) is 4.98 Å². The van der Waals surface area contributed by atoms with Gasteiger partial charge in [0.2, 0.25) is 0 Å². The van der Waals surface area contributed by atoms with Crippen molar-refractivity contribution < 1.29 is 0 Å². The summed E-state index contributed by atoms with van der Waals surface area (Å²) in [5.74, 6) is 0.411.